The lowest BCUT2D eigenvalue weighted by atomic mass is 9.76. The van der Waals surface area contributed by atoms with Crippen LogP contribution >= 0.6 is 0 Å². The van der Waals surface area contributed by atoms with Crippen molar-refractivity contribution < 1.29 is 13.6 Å². The first kappa shape index (κ1) is 23.2. The van der Waals surface area contributed by atoms with Crippen molar-refractivity contribution in [1.82, 2.24) is 14.7 Å². The van der Waals surface area contributed by atoms with E-state index in [2.05, 4.69) is 35.1 Å². The van der Waals surface area contributed by atoms with Crippen molar-refractivity contribution >= 4 is 11.6 Å². The number of terminal acetylenes is 1. The van der Waals surface area contributed by atoms with Crippen LogP contribution < -0.4 is 11.1 Å². The number of fused-ring (bicyclic) bond motifs is 1. The van der Waals surface area contributed by atoms with Crippen molar-refractivity contribution in [2.24, 2.45) is 11.1 Å². The highest BCUT2D eigenvalue weighted by atomic mass is 19.3. The minimum absolute atomic E-state index is 0.00474. The second-order valence-corrected chi connectivity index (χ2v) is 9.86. The molecule has 4 rings (SSSR count). The van der Waals surface area contributed by atoms with Gasteiger partial charge in [0.1, 0.15) is 5.69 Å². The molecule has 1 aliphatic heterocycles. The molecule has 1 aliphatic carbocycles. The van der Waals surface area contributed by atoms with Gasteiger partial charge < -0.3 is 11.1 Å². The van der Waals surface area contributed by atoms with Gasteiger partial charge in [-0.15, -0.1) is 6.42 Å². The number of nitrogens with zero attached hydrogens (tertiary/aromatic N) is 3. The lowest BCUT2D eigenvalue weighted by molar-refractivity contribution is 0.100. The molecule has 0 bridgehead atoms. The normalized spacial score (nSPS) is 18.7. The van der Waals surface area contributed by atoms with Gasteiger partial charge in [-0.3, -0.25) is 9.69 Å². The zero-order valence-electron chi connectivity index (χ0n) is 19.2. The van der Waals surface area contributed by atoms with Gasteiger partial charge in [-0.05, 0) is 55.7 Å². The summed E-state index contributed by atoms with van der Waals surface area (Å²) in [7, 11) is 0. The number of anilines is 1. The topological polar surface area (TPSA) is 76.2 Å². The molecule has 8 heteroatoms. The first-order valence-corrected chi connectivity index (χ1v) is 11.4. The summed E-state index contributed by atoms with van der Waals surface area (Å²) >= 11 is 0. The fourth-order valence-corrected chi connectivity index (χ4v) is 4.93. The van der Waals surface area contributed by atoms with Crippen LogP contribution in [0.25, 0.3) is 5.69 Å². The molecule has 0 atom stereocenters. The van der Waals surface area contributed by atoms with Gasteiger partial charge in [0.15, 0.2) is 0 Å². The van der Waals surface area contributed by atoms with Crippen LogP contribution in [0.2, 0.25) is 0 Å². The van der Waals surface area contributed by atoms with E-state index in [1.54, 1.807) is 22.9 Å². The third-order valence-electron chi connectivity index (χ3n) is 6.80. The molecule has 1 amide bonds. The van der Waals surface area contributed by atoms with Crippen LogP contribution in [0.1, 0.15) is 66.8 Å². The fourth-order valence-electron chi connectivity index (χ4n) is 4.93. The molecule has 0 spiro atoms. The van der Waals surface area contributed by atoms with Gasteiger partial charge >= 0.3 is 0 Å². The quantitative estimate of drug-likeness (QED) is 0.647. The molecule has 1 fully saturated rings. The number of aromatic nitrogens is 2. The third-order valence-corrected chi connectivity index (χ3v) is 6.80. The van der Waals surface area contributed by atoms with E-state index in [0.29, 0.717) is 41.9 Å². The summed E-state index contributed by atoms with van der Waals surface area (Å²) in [4.78, 5) is 14.3. The van der Waals surface area contributed by atoms with Gasteiger partial charge in [0.25, 0.3) is 12.3 Å². The molecule has 3 N–H and O–H groups in total. The Kier molecular flexibility index (Phi) is 6.44. The van der Waals surface area contributed by atoms with Crippen LogP contribution in [0.15, 0.2) is 18.2 Å². The second kappa shape index (κ2) is 9.14. The Labute approximate surface area is 193 Å². The van der Waals surface area contributed by atoms with Gasteiger partial charge in [-0.25, -0.2) is 13.5 Å². The molecule has 1 aromatic carbocycles. The van der Waals surface area contributed by atoms with Crippen molar-refractivity contribution in [2.75, 3.05) is 25.0 Å². The first-order chi connectivity index (χ1) is 15.7. The van der Waals surface area contributed by atoms with Crippen LogP contribution in [0, 0.1) is 17.8 Å². The molecule has 2 aromatic rings. The molecule has 1 saturated heterocycles. The van der Waals surface area contributed by atoms with Crippen LogP contribution in [-0.2, 0) is 12.8 Å². The minimum Gasteiger partial charge on any atom is -0.382 e. The van der Waals surface area contributed by atoms with Gasteiger partial charge in [0, 0.05) is 36.1 Å². The van der Waals surface area contributed by atoms with Crippen molar-refractivity contribution in [2.45, 2.75) is 58.4 Å². The maximum Gasteiger partial charge on any atom is 0.282 e. The number of carbonyl (C=O) groups is 1. The predicted octanol–water partition coefficient (Wildman–Crippen LogP) is 3.93. The zero-order valence-corrected chi connectivity index (χ0v) is 19.2. The summed E-state index contributed by atoms with van der Waals surface area (Å²) in [6, 6.07) is 5.34. The summed E-state index contributed by atoms with van der Waals surface area (Å²) in [5, 5.41) is 7.78. The van der Waals surface area contributed by atoms with E-state index in [1.807, 2.05) is 0 Å². The van der Waals surface area contributed by atoms with Crippen LogP contribution in [0.5, 0.6) is 0 Å². The highest BCUT2D eigenvalue weighted by Crippen LogP contribution is 2.39. The first-order valence-electron chi connectivity index (χ1n) is 11.4. The molecule has 2 aliphatic rings. The number of benzene rings is 1. The van der Waals surface area contributed by atoms with E-state index in [-0.39, 0.29) is 17.2 Å². The van der Waals surface area contributed by atoms with Gasteiger partial charge in [0.05, 0.1) is 17.8 Å². The van der Waals surface area contributed by atoms with E-state index in [9.17, 15) is 13.6 Å². The molecule has 0 radical (unpaired) electrons. The number of hydrogen-bond donors (Lipinski definition) is 2. The van der Waals surface area contributed by atoms with Gasteiger partial charge in [-0.1, -0.05) is 19.8 Å². The van der Waals surface area contributed by atoms with Gasteiger partial charge in [-0.2, -0.15) is 5.10 Å². The summed E-state index contributed by atoms with van der Waals surface area (Å²) in [6.07, 6.45) is 6.64. The Morgan fingerprint density at radius 3 is 2.73 bits per heavy atom. The third kappa shape index (κ3) is 4.88. The molecule has 0 unspecified atom stereocenters. The van der Waals surface area contributed by atoms with Crippen LogP contribution in [0.3, 0.4) is 0 Å². The number of carbonyl (C=O) groups excluding carboxylic acids is 1. The van der Waals surface area contributed by atoms with E-state index < -0.39 is 12.3 Å². The van der Waals surface area contributed by atoms with Crippen LogP contribution in [0.4, 0.5) is 14.5 Å². The van der Waals surface area contributed by atoms with E-state index in [4.69, 9.17) is 12.2 Å². The van der Waals surface area contributed by atoms with E-state index >= 15 is 0 Å². The Morgan fingerprint density at radius 1 is 1.36 bits per heavy atom. The highest BCUT2D eigenvalue weighted by Gasteiger charge is 2.34. The summed E-state index contributed by atoms with van der Waals surface area (Å²) in [6.45, 7) is 6.65. The lowest BCUT2D eigenvalue weighted by Gasteiger charge is -2.32. The number of halogens is 2. The Balaban J connectivity index is 1.68. The number of amides is 1. The number of likely N-dealkylation sites (tertiary alicyclic amines) is 1. The molecule has 0 saturated carbocycles. The maximum absolute atomic E-state index is 13.8. The molecule has 1 aromatic heterocycles. The largest absolute Gasteiger partial charge is 0.382 e. The number of piperidine rings is 1. The molecular formula is C25H31F2N5O. The standard InChI is InChI=1S/C25H31F2N5O/c1-4-11-31-12-8-16(9-13-31)29-20-14-17(5-6-18(20)24(28)33)32-21-15-25(2,3)10-7-19(21)22(30-32)23(26)27/h1,5-6,14,16,23,29H,7-13,15H2,2-3H3,(H2,28,33). The summed E-state index contributed by atoms with van der Waals surface area (Å²) in [5.41, 5.74) is 8.59. The van der Waals surface area contributed by atoms with Crippen molar-refractivity contribution in [3.8, 4) is 18.0 Å². The fraction of sp³-hybridized carbons (Fsp3) is 0.520. The van der Waals surface area contributed by atoms with Gasteiger partial charge in [0.2, 0.25) is 0 Å². The number of alkyl halides is 2. The van der Waals surface area contributed by atoms with E-state index in [1.165, 1.54) is 0 Å². The number of nitrogens with one attached hydrogen (secondary N) is 1. The smallest absolute Gasteiger partial charge is 0.282 e. The number of rotatable bonds is 6. The Morgan fingerprint density at radius 2 is 2.09 bits per heavy atom. The van der Waals surface area contributed by atoms with Crippen molar-refractivity contribution in [3.05, 3.63) is 40.7 Å². The van der Waals surface area contributed by atoms with E-state index in [0.717, 1.165) is 38.0 Å². The molecule has 33 heavy (non-hydrogen) atoms. The molecule has 6 nitrogen and oxygen atoms in total. The molecular weight excluding hydrogens is 424 g/mol. The second-order valence-electron chi connectivity index (χ2n) is 9.86. The number of hydrogen-bond acceptors (Lipinski definition) is 4. The number of primary amides is 1. The lowest BCUT2D eigenvalue weighted by Crippen LogP contribution is -2.39. The average Bonchev–Trinajstić information content (AvgIpc) is 3.13. The maximum atomic E-state index is 13.8. The number of nitrogens with two attached hydrogens (primary N) is 1. The highest BCUT2D eigenvalue weighted by molar-refractivity contribution is 5.99. The zero-order chi connectivity index (χ0) is 23.8. The monoisotopic (exact) mass is 455 g/mol. The van der Waals surface area contributed by atoms with Crippen LogP contribution in [-0.4, -0.2) is 46.3 Å². The summed E-state index contributed by atoms with van der Waals surface area (Å²) in [5.74, 6) is 2.14. The Hall–Kier alpha value is -2.92. The minimum atomic E-state index is -2.63. The SMILES string of the molecule is C#CCN1CCC(Nc2cc(-n3nc(C(F)F)c4c3CC(C)(C)CC4)ccc2C(N)=O)CC1. The average molecular weight is 456 g/mol. The Bertz CT molecular complexity index is 1080. The summed E-state index contributed by atoms with van der Waals surface area (Å²) < 4.78 is 29.1. The van der Waals surface area contributed by atoms with Crippen molar-refractivity contribution in [3.63, 3.8) is 0 Å². The molecule has 176 valence electrons. The molecule has 2 heterocycles. The van der Waals surface area contributed by atoms with Crippen molar-refractivity contribution in [1.29, 1.82) is 0 Å². The predicted molar refractivity (Wildman–Crippen MR) is 125 cm³/mol.